The van der Waals surface area contributed by atoms with E-state index in [0.29, 0.717) is 0 Å². The maximum atomic E-state index is 2.32. The zero-order valence-corrected chi connectivity index (χ0v) is 7.28. The van der Waals surface area contributed by atoms with Crippen LogP contribution in [-0.2, 0) is 0 Å². The van der Waals surface area contributed by atoms with Crippen LogP contribution in [0.1, 0.15) is 47.0 Å². The maximum absolute atomic E-state index is 2.32. The highest BCUT2D eigenvalue weighted by atomic mass is 14.1. The third-order valence-corrected chi connectivity index (χ3v) is 2.13. The van der Waals surface area contributed by atoms with Crippen molar-refractivity contribution in [2.75, 3.05) is 0 Å². The molecule has 0 heterocycles. The summed E-state index contributed by atoms with van der Waals surface area (Å²) in [5.41, 5.74) is 0. The van der Waals surface area contributed by atoms with E-state index in [1.165, 1.54) is 19.3 Å². The number of hydrogen-bond donors (Lipinski definition) is 0. The van der Waals surface area contributed by atoms with Gasteiger partial charge in [0.25, 0.3) is 0 Å². The van der Waals surface area contributed by atoms with Crippen LogP contribution in [-0.4, -0.2) is 0 Å². The normalized spacial score (nSPS) is 14.3. The SMILES string of the molecule is CCC[C@H](CC)C(C)C. The molecule has 0 unspecified atom stereocenters. The van der Waals surface area contributed by atoms with Crippen molar-refractivity contribution >= 4 is 0 Å². The Morgan fingerprint density at radius 1 is 1.11 bits per heavy atom. The van der Waals surface area contributed by atoms with Crippen molar-refractivity contribution < 1.29 is 0 Å². The summed E-state index contributed by atoms with van der Waals surface area (Å²) < 4.78 is 0. The molecule has 0 amide bonds. The lowest BCUT2D eigenvalue weighted by atomic mass is 9.89. The topological polar surface area (TPSA) is 0 Å². The van der Waals surface area contributed by atoms with Crippen LogP contribution in [0.15, 0.2) is 0 Å². The predicted molar refractivity (Wildman–Crippen MR) is 43.5 cm³/mol. The average Bonchev–Trinajstić information content (AvgIpc) is 1.82. The lowest BCUT2D eigenvalue weighted by molar-refractivity contribution is 0.346. The van der Waals surface area contributed by atoms with Gasteiger partial charge in [0.15, 0.2) is 0 Å². The minimum Gasteiger partial charge on any atom is -0.0654 e. The van der Waals surface area contributed by atoms with Gasteiger partial charge < -0.3 is 0 Å². The molecule has 0 aliphatic heterocycles. The van der Waals surface area contributed by atoms with Crippen molar-refractivity contribution in [3.63, 3.8) is 0 Å². The fourth-order valence-corrected chi connectivity index (χ4v) is 1.38. The molecule has 9 heavy (non-hydrogen) atoms. The van der Waals surface area contributed by atoms with Gasteiger partial charge in [-0.15, -0.1) is 0 Å². The highest BCUT2D eigenvalue weighted by Gasteiger charge is 2.08. The van der Waals surface area contributed by atoms with E-state index in [-0.39, 0.29) is 0 Å². The summed E-state index contributed by atoms with van der Waals surface area (Å²) in [4.78, 5) is 0. The van der Waals surface area contributed by atoms with Gasteiger partial charge in [-0.05, 0) is 11.8 Å². The van der Waals surface area contributed by atoms with Crippen LogP contribution < -0.4 is 0 Å². The molecule has 0 aliphatic carbocycles. The first-order valence-electron chi connectivity index (χ1n) is 4.22. The summed E-state index contributed by atoms with van der Waals surface area (Å²) in [7, 11) is 0. The quantitative estimate of drug-likeness (QED) is 0.544. The van der Waals surface area contributed by atoms with Gasteiger partial charge in [-0.1, -0.05) is 47.0 Å². The van der Waals surface area contributed by atoms with E-state index in [1.54, 1.807) is 0 Å². The number of rotatable bonds is 4. The molecule has 0 aliphatic rings. The lowest BCUT2D eigenvalue weighted by Crippen LogP contribution is -2.06. The molecule has 0 aromatic rings. The number of hydrogen-bond acceptors (Lipinski definition) is 0. The first-order valence-corrected chi connectivity index (χ1v) is 4.22. The summed E-state index contributed by atoms with van der Waals surface area (Å²) >= 11 is 0. The molecular formula is C9H20. The van der Waals surface area contributed by atoms with Gasteiger partial charge in [0.1, 0.15) is 0 Å². The molecule has 0 fully saturated rings. The minimum atomic E-state index is 0.884. The molecule has 0 nitrogen and oxygen atoms in total. The zero-order valence-electron chi connectivity index (χ0n) is 7.28. The van der Waals surface area contributed by atoms with Crippen molar-refractivity contribution in [1.82, 2.24) is 0 Å². The minimum absolute atomic E-state index is 0.884. The zero-order chi connectivity index (χ0) is 7.28. The molecule has 0 N–H and O–H groups in total. The third kappa shape index (κ3) is 3.56. The lowest BCUT2D eigenvalue weighted by Gasteiger charge is -2.17. The van der Waals surface area contributed by atoms with Gasteiger partial charge in [0.2, 0.25) is 0 Å². The maximum Gasteiger partial charge on any atom is -0.0394 e. The Balaban J connectivity index is 3.41. The molecule has 0 saturated carbocycles. The molecule has 0 aromatic carbocycles. The van der Waals surface area contributed by atoms with Crippen LogP contribution in [0.5, 0.6) is 0 Å². The summed E-state index contributed by atoms with van der Waals surface area (Å²) in [5, 5.41) is 0. The second kappa shape index (κ2) is 4.84. The summed E-state index contributed by atoms with van der Waals surface area (Å²) in [6.07, 6.45) is 4.11. The van der Waals surface area contributed by atoms with E-state index in [4.69, 9.17) is 0 Å². The first kappa shape index (κ1) is 9.00. The Morgan fingerprint density at radius 2 is 1.67 bits per heavy atom. The van der Waals surface area contributed by atoms with Gasteiger partial charge in [0.05, 0.1) is 0 Å². The van der Waals surface area contributed by atoms with E-state index >= 15 is 0 Å². The summed E-state index contributed by atoms with van der Waals surface area (Å²) in [5.74, 6) is 1.85. The highest BCUT2D eigenvalue weighted by molar-refractivity contribution is 4.59. The summed E-state index contributed by atoms with van der Waals surface area (Å²) in [6, 6.07) is 0. The standard InChI is InChI=1S/C9H20/c1-5-7-9(6-2)8(3)4/h8-9H,5-7H2,1-4H3/t9-/m0/s1. The molecule has 0 rings (SSSR count). The first-order chi connectivity index (χ1) is 4.22. The Bertz CT molecular complexity index is 55.1. The highest BCUT2D eigenvalue weighted by Crippen LogP contribution is 2.19. The van der Waals surface area contributed by atoms with Gasteiger partial charge in [0, 0.05) is 0 Å². The van der Waals surface area contributed by atoms with Crippen molar-refractivity contribution in [3.05, 3.63) is 0 Å². The molecule has 0 saturated heterocycles. The van der Waals surface area contributed by atoms with Crippen molar-refractivity contribution in [2.45, 2.75) is 47.0 Å². The van der Waals surface area contributed by atoms with Crippen LogP contribution in [0.3, 0.4) is 0 Å². The van der Waals surface area contributed by atoms with Gasteiger partial charge in [-0.3, -0.25) is 0 Å². The van der Waals surface area contributed by atoms with Gasteiger partial charge >= 0.3 is 0 Å². The summed E-state index contributed by atoms with van der Waals surface area (Å²) in [6.45, 7) is 9.21. The van der Waals surface area contributed by atoms with E-state index in [9.17, 15) is 0 Å². The molecule has 1 atom stereocenters. The third-order valence-electron chi connectivity index (χ3n) is 2.13. The largest absolute Gasteiger partial charge is 0.0654 e. The Morgan fingerprint density at radius 3 is 1.78 bits per heavy atom. The Kier molecular flexibility index (Phi) is 4.84. The average molecular weight is 128 g/mol. The van der Waals surface area contributed by atoms with Crippen molar-refractivity contribution in [2.24, 2.45) is 11.8 Å². The van der Waals surface area contributed by atoms with E-state index in [2.05, 4.69) is 27.7 Å². The van der Waals surface area contributed by atoms with Gasteiger partial charge in [-0.2, -0.15) is 0 Å². The van der Waals surface area contributed by atoms with Crippen molar-refractivity contribution in [3.8, 4) is 0 Å². The van der Waals surface area contributed by atoms with Crippen LogP contribution in [0.4, 0.5) is 0 Å². The second-order valence-electron chi connectivity index (χ2n) is 3.20. The van der Waals surface area contributed by atoms with E-state index < -0.39 is 0 Å². The fraction of sp³-hybridized carbons (Fsp3) is 1.00. The van der Waals surface area contributed by atoms with Crippen LogP contribution >= 0.6 is 0 Å². The van der Waals surface area contributed by atoms with E-state index in [1.807, 2.05) is 0 Å². The Hall–Kier alpha value is 0. The molecule has 0 spiro atoms. The fourth-order valence-electron chi connectivity index (χ4n) is 1.38. The van der Waals surface area contributed by atoms with Crippen LogP contribution in [0.2, 0.25) is 0 Å². The molecule has 0 heteroatoms. The van der Waals surface area contributed by atoms with Crippen LogP contribution in [0.25, 0.3) is 0 Å². The molecular weight excluding hydrogens is 108 g/mol. The molecule has 0 bridgehead atoms. The molecule has 0 radical (unpaired) electrons. The predicted octanol–water partition coefficient (Wildman–Crippen LogP) is 3.47. The van der Waals surface area contributed by atoms with Gasteiger partial charge in [-0.25, -0.2) is 0 Å². The van der Waals surface area contributed by atoms with Crippen molar-refractivity contribution in [1.29, 1.82) is 0 Å². The van der Waals surface area contributed by atoms with Crippen LogP contribution in [0, 0.1) is 11.8 Å². The molecule has 0 aromatic heterocycles. The smallest absolute Gasteiger partial charge is 0.0394 e. The van der Waals surface area contributed by atoms with E-state index in [0.717, 1.165) is 11.8 Å². The molecule has 56 valence electrons. The Labute approximate surface area is 59.7 Å². The monoisotopic (exact) mass is 128 g/mol. The second-order valence-corrected chi connectivity index (χ2v) is 3.20.